The van der Waals surface area contributed by atoms with Gasteiger partial charge in [-0.2, -0.15) is 5.10 Å². The fourth-order valence-electron chi connectivity index (χ4n) is 3.48. The fourth-order valence-corrected chi connectivity index (χ4v) is 4.40. The van der Waals surface area contributed by atoms with Gasteiger partial charge in [0.2, 0.25) is 0 Å². The molecule has 0 spiro atoms. The number of thiophene rings is 1. The summed E-state index contributed by atoms with van der Waals surface area (Å²) >= 11 is 1.40. The van der Waals surface area contributed by atoms with Crippen molar-refractivity contribution in [2.45, 2.75) is 20.4 Å². The predicted molar refractivity (Wildman–Crippen MR) is 121 cm³/mol. The maximum Gasteiger partial charge on any atom is 0.281 e. The summed E-state index contributed by atoms with van der Waals surface area (Å²) in [4.78, 5) is 48.4. The second kappa shape index (κ2) is 7.74. The van der Waals surface area contributed by atoms with Crippen LogP contribution in [-0.4, -0.2) is 34.9 Å². The van der Waals surface area contributed by atoms with E-state index in [9.17, 15) is 18.8 Å². The van der Waals surface area contributed by atoms with Gasteiger partial charge in [-0.05, 0) is 44.2 Å². The van der Waals surface area contributed by atoms with E-state index in [0.29, 0.717) is 21.7 Å². The molecule has 0 bridgehead atoms. The predicted octanol–water partition coefficient (Wildman–Crippen LogP) is 1.88. The summed E-state index contributed by atoms with van der Waals surface area (Å²) in [5.41, 5.74) is 2.45. The van der Waals surface area contributed by atoms with Crippen LogP contribution in [0.25, 0.3) is 26.9 Å². The van der Waals surface area contributed by atoms with Crippen LogP contribution in [0.4, 0.5) is 4.39 Å². The fraction of sp³-hybridized carbons (Fsp3) is 0.143. The summed E-state index contributed by atoms with van der Waals surface area (Å²) < 4.78 is 16.8. The highest BCUT2D eigenvalue weighted by molar-refractivity contribution is 7.18. The summed E-state index contributed by atoms with van der Waals surface area (Å²) in [6.45, 7) is 3.12. The highest BCUT2D eigenvalue weighted by Gasteiger charge is 2.16. The van der Waals surface area contributed by atoms with E-state index in [2.05, 4.69) is 20.5 Å². The minimum Gasteiger partial charge on any atom is -0.289 e. The SMILES string of the molecule is Cc1cc2c(=O)n(NC(=O)Cn3cnc4c(cnn4-c4ccc(F)cc4)c3=O)c(C)nc2s1. The van der Waals surface area contributed by atoms with Crippen LogP contribution in [0.2, 0.25) is 0 Å². The van der Waals surface area contributed by atoms with E-state index in [4.69, 9.17) is 0 Å². The van der Waals surface area contributed by atoms with Gasteiger partial charge >= 0.3 is 0 Å². The molecule has 10 nitrogen and oxygen atoms in total. The molecule has 0 unspecified atom stereocenters. The number of hydrogen-bond donors (Lipinski definition) is 1. The molecule has 1 aromatic carbocycles. The van der Waals surface area contributed by atoms with E-state index in [1.165, 1.54) is 52.8 Å². The normalized spacial score (nSPS) is 11.4. The van der Waals surface area contributed by atoms with Gasteiger partial charge in [0.15, 0.2) is 5.65 Å². The molecule has 0 radical (unpaired) electrons. The summed E-state index contributed by atoms with van der Waals surface area (Å²) in [6, 6.07) is 7.31. The highest BCUT2D eigenvalue weighted by atomic mass is 32.1. The molecule has 5 aromatic rings. The van der Waals surface area contributed by atoms with E-state index in [0.717, 1.165) is 14.1 Å². The first-order valence-corrected chi connectivity index (χ1v) is 10.6. The van der Waals surface area contributed by atoms with Crippen LogP contribution in [-0.2, 0) is 11.3 Å². The van der Waals surface area contributed by atoms with Crippen molar-refractivity contribution in [1.82, 2.24) is 29.0 Å². The van der Waals surface area contributed by atoms with E-state index >= 15 is 0 Å². The lowest BCUT2D eigenvalue weighted by Gasteiger charge is -2.11. The topological polar surface area (TPSA) is 117 Å². The number of nitrogens with zero attached hydrogens (tertiary/aromatic N) is 6. The molecule has 0 saturated carbocycles. The van der Waals surface area contributed by atoms with Crippen molar-refractivity contribution < 1.29 is 9.18 Å². The second-order valence-electron chi connectivity index (χ2n) is 7.36. The maximum absolute atomic E-state index is 13.2. The number of carbonyl (C=O) groups excluding carboxylic acids is 1. The van der Waals surface area contributed by atoms with Crippen LogP contribution >= 0.6 is 11.3 Å². The zero-order valence-corrected chi connectivity index (χ0v) is 18.3. The van der Waals surface area contributed by atoms with Crippen molar-refractivity contribution in [2.24, 2.45) is 0 Å². The van der Waals surface area contributed by atoms with Gasteiger partial charge in [0.05, 0.1) is 17.3 Å². The molecule has 0 saturated heterocycles. The van der Waals surface area contributed by atoms with E-state index in [1.807, 2.05) is 6.92 Å². The third-order valence-electron chi connectivity index (χ3n) is 5.03. The lowest BCUT2D eigenvalue weighted by Crippen LogP contribution is -2.38. The van der Waals surface area contributed by atoms with E-state index < -0.39 is 22.8 Å². The van der Waals surface area contributed by atoms with Crippen LogP contribution in [0.1, 0.15) is 10.7 Å². The monoisotopic (exact) mass is 465 g/mol. The molecule has 0 fully saturated rings. The number of aromatic nitrogens is 6. The molecule has 33 heavy (non-hydrogen) atoms. The Labute approximate surface area is 188 Å². The largest absolute Gasteiger partial charge is 0.289 e. The molecule has 12 heteroatoms. The van der Waals surface area contributed by atoms with E-state index in [-0.39, 0.29) is 17.6 Å². The Kier molecular flexibility index (Phi) is 4.86. The number of aryl methyl sites for hydroxylation is 2. The van der Waals surface area contributed by atoms with Crippen molar-refractivity contribution in [1.29, 1.82) is 0 Å². The molecule has 4 aromatic heterocycles. The molecule has 5 rings (SSSR count). The van der Waals surface area contributed by atoms with Gasteiger partial charge in [-0.3, -0.25) is 24.4 Å². The third-order valence-corrected chi connectivity index (χ3v) is 5.98. The Morgan fingerprint density at radius 3 is 2.64 bits per heavy atom. The molecule has 0 aliphatic rings. The molecular weight excluding hydrogens is 449 g/mol. The zero-order chi connectivity index (χ0) is 23.3. The molecule has 1 amide bonds. The Morgan fingerprint density at radius 2 is 1.88 bits per heavy atom. The van der Waals surface area contributed by atoms with Crippen LogP contribution in [0.3, 0.4) is 0 Å². The first-order chi connectivity index (χ1) is 15.8. The van der Waals surface area contributed by atoms with Crippen molar-refractivity contribution in [3.8, 4) is 5.69 Å². The molecule has 166 valence electrons. The maximum atomic E-state index is 13.2. The number of rotatable bonds is 4. The van der Waals surface area contributed by atoms with Crippen molar-refractivity contribution in [3.63, 3.8) is 0 Å². The first kappa shape index (κ1) is 20.7. The van der Waals surface area contributed by atoms with Gasteiger partial charge in [0.25, 0.3) is 17.0 Å². The second-order valence-corrected chi connectivity index (χ2v) is 8.59. The number of benzene rings is 1. The quantitative estimate of drug-likeness (QED) is 0.433. The van der Waals surface area contributed by atoms with Gasteiger partial charge in [0, 0.05) is 4.88 Å². The Bertz CT molecular complexity index is 1660. The molecule has 0 aliphatic carbocycles. The first-order valence-electron chi connectivity index (χ1n) is 9.80. The number of hydrogen-bond acceptors (Lipinski definition) is 7. The van der Waals surface area contributed by atoms with Crippen LogP contribution < -0.4 is 16.5 Å². The molecule has 0 atom stereocenters. The molecule has 4 heterocycles. The van der Waals surface area contributed by atoms with Crippen LogP contribution in [0.15, 0.2) is 52.4 Å². The van der Waals surface area contributed by atoms with Gasteiger partial charge in [-0.1, -0.05) is 0 Å². The Hall–Kier alpha value is -4.19. The molecule has 0 aliphatic heterocycles. The van der Waals surface area contributed by atoms with Gasteiger partial charge < -0.3 is 0 Å². The average Bonchev–Trinajstić information content (AvgIpc) is 3.37. The van der Waals surface area contributed by atoms with Gasteiger partial charge in [-0.25, -0.2) is 23.7 Å². The zero-order valence-electron chi connectivity index (χ0n) is 17.4. The smallest absolute Gasteiger partial charge is 0.281 e. The van der Waals surface area contributed by atoms with Gasteiger partial charge in [-0.15, -0.1) is 11.3 Å². The number of halogens is 1. The number of carbonyl (C=O) groups is 1. The van der Waals surface area contributed by atoms with Crippen LogP contribution in [0.5, 0.6) is 0 Å². The standard InChI is InChI=1S/C21H16FN7O3S/c1-11-7-15-19(33-11)25-12(2)28(21(15)32)26-17(30)9-27-10-23-18-16(20(27)31)8-24-29(18)14-5-3-13(22)4-6-14/h3-8,10H,9H2,1-2H3,(H,26,30). The summed E-state index contributed by atoms with van der Waals surface area (Å²) in [7, 11) is 0. The Balaban J connectivity index is 1.44. The number of amides is 1. The summed E-state index contributed by atoms with van der Waals surface area (Å²) in [6.07, 6.45) is 2.57. The summed E-state index contributed by atoms with van der Waals surface area (Å²) in [5, 5.41) is 4.77. The Morgan fingerprint density at radius 1 is 1.12 bits per heavy atom. The van der Waals surface area contributed by atoms with Gasteiger partial charge in [0.1, 0.15) is 34.7 Å². The lowest BCUT2D eigenvalue weighted by molar-refractivity contribution is -0.117. The summed E-state index contributed by atoms with van der Waals surface area (Å²) in [5.74, 6) is -0.666. The van der Waals surface area contributed by atoms with Crippen molar-refractivity contribution in [3.05, 3.63) is 80.1 Å². The average molecular weight is 465 g/mol. The highest BCUT2D eigenvalue weighted by Crippen LogP contribution is 2.20. The number of fused-ring (bicyclic) bond motifs is 2. The number of nitrogens with one attached hydrogen (secondary N) is 1. The van der Waals surface area contributed by atoms with E-state index in [1.54, 1.807) is 13.0 Å². The third kappa shape index (κ3) is 3.59. The van der Waals surface area contributed by atoms with Crippen molar-refractivity contribution in [2.75, 3.05) is 5.43 Å². The molecule has 1 N–H and O–H groups in total. The minimum absolute atomic E-state index is 0.194. The van der Waals surface area contributed by atoms with Crippen LogP contribution in [0, 0.1) is 19.7 Å². The van der Waals surface area contributed by atoms with Crippen molar-refractivity contribution >= 4 is 38.5 Å². The minimum atomic E-state index is -0.595. The lowest BCUT2D eigenvalue weighted by atomic mass is 10.3. The molecular formula is C21H16FN7O3S.